The first kappa shape index (κ1) is 37.8. The van der Waals surface area contributed by atoms with Crippen LogP contribution in [0.2, 0.25) is 0 Å². The molecular weight excluding hydrogens is 715 g/mol. The number of likely N-dealkylation sites (tertiary alicyclic amines) is 1. The highest BCUT2D eigenvalue weighted by Gasteiger charge is 2.45. The molecule has 4 heterocycles. The molecule has 56 heavy (non-hydrogen) atoms. The number of anilines is 3. The number of imide groups is 2. The smallest absolute Gasteiger partial charge is 0.264 e. The summed E-state index contributed by atoms with van der Waals surface area (Å²) in [6, 6.07) is 20.4. The highest BCUT2D eigenvalue weighted by molar-refractivity contribution is 6.26. The maximum atomic E-state index is 13.3. The molecule has 0 saturated carbocycles. The average molecular weight is 758 g/mol. The lowest BCUT2D eigenvalue weighted by molar-refractivity contribution is -0.136. The van der Waals surface area contributed by atoms with Crippen molar-refractivity contribution < 1.29 is 28.7 Å². The molecule has 15 nitrogen and oxygen atoms in total. The molecule has 6 N–H and O–H groups in total. The van der Waals surface area contributed by atoms with E-state index in [1.165, 1.54) is 12.4 Å². The number of hydrogen-bond acceptors (Lipinski definition) is 12. The summed E-state index contributed by atoms with van der Waals surface area (Å²) < 4.78 is 5.90. The summed E-state index contributed by atoms with van der Waals surface area (Å²) in [5, 5.41) is 17.5. The van der Waals surface area contributed by atoms with Crippen molar-refractivity contribution in [3.8, 4) is 11.5 Å². The Labute approximate surface area is 323 Å². The van der Waals surface area contributed by atoms with E-state index in [1.54, 1.807) is 12.1 Å². The zero-order valence-electron chi connectivity index (χ0n) is 30.8. The van der Waals surface area contributed by atoms with Gasteiger partial charge in [0.15, 0.2) is 0 Å². The van der Waals surface area contributed by atoms with Gasteiger partial charge in [-0.3, -0.25) is 39.6 Å². The SMILES string of the molecule is N=C(c1ccc(Oc2ccccc2)cc1)c1c(N)ncnc1NC1CCCN(CCCCCC(=O)Nc2cccc3c2C(=O)N(C2CCC(=O)NC2=O)C3=O)C1. The van der Waals surface area contributed by atoms with Gasteiger partial charge in [-0.2, -0.15) is 0 Å². The van der Waals surface area contributed by atoms with Crippen LogP contribution in [-0.2, 0) is 14.4 Å². The number of ether oxygens (including phenoxy) is 1. The minimum atomic E-state index is -1.08. The number of nitrogen functional groups attached to an aromatic ring is 1. The van der Waals surface area contributed by atoms with Gasteiger partial charge in [0.2, 0.25) is 17.7 Å². The number of nitrogens with zero attached hydrogens (tertiary/aromatic N) is 4. The number of benzene rings is 3. The van der Waals surface area contributed by atoms with Crippen LogP contribution in [0.15, 0.2) is 79.1 Å². The third-order valence-electron chi connectivity index (χ3n) is 10.2. The van der Waals surface area contributed by atoms with Crippen molar-refractivity contribution >= 4 is 52.6 Å². The number of aromatic nitrogens is 2. The Morgan fingerprint density at radius 1 is 0.911 bits per heavy atom. The van der Waals surface area contributed by atoms with Crippen molar-refractivity contribution in [2.75, 3.05) is 36.0 Å². The molecule has 0 radical (unpaired) electrons. The number of nitrogens with one attached hydrogen (secondary N) is 4. The van der Waals surface area contributed by atoms with E-state index in [4.69, 9.17) is 15.9 Å². The van der Waals surface area contributed by atoms with Crippen molar-refractivity contribution in [1.82, 2.24) is 25.1 Å². The topological polar surface area (TPSA) is 213 Å². The fraction of sp³-hybridized carbons (Fsp3) is 0.317. The normalized spacial score (nSPS) is 18.3. The molecule has 7 rings (SSSR count). The van der Waals surface area contributed by atoms with Gasteiger partial charge in [0.05, 0.1) is 28.1 Å². The van der Waals surface area contributed by atoms with Crippen molar-refractivity contribution in [3.63, 3.8) is 0 Å². The van der Waals surface area contributed by atoms with Crippen molar-refractivity contribution in [3.05, 3.63) is 101 Å². The average Bonchev–Trinajstić information content (AvgIpc) is 3.44. The molecule has 3 aromatic carbocycles. The van der Waals surface area contributed by atoms with Gasteiger partial charge in [0, 0.05) is 31.0 Å². The highest BCUT2D eigenvalue weighted by Crippen LogP contribution is 2.33. The summed E-state index contributed by atoms with van der Waals surface area (Å²) in [7, 11) is 0. The summed E-state index contributed by atoms with van der Waals surface area (Å²) >= 11 is 0. The van der Waals surface area contributed by atoms with E-state index >= 15 is 0 Å². The molecule has 3 aliphatic rings. The Bertz CT molecular complexity index is 2160. The van der Waals surface area contributed by atoms with E-state index in [-0.39, 0.29) is 59.6 Å². The first-order valence-electron chi connectivity index (χ1n) is 18.8. The first-order chi connectivity index (χ1) is 27.2. The molecule has 3 aliphatic heterocycles. The van der Waals surface area contributed by atoms with Crippen LogP contribution < -0.4 is 26.4 Å². The molecule has 4 aromatic rings. The van der Waals surface area contributed by atoms with Gasteiger partial charge in [-0.05, 0) is 93.7 Å². The van der Waals surface area contributed by atoms with Crippen molar-refractivity contribution in [1.29, 1.82) is 5.41 Å². The van der Waals surface area contributed by atoms with Gasteiger partial charge >= 0.3 is 0 Å². The summed E-state index contributed by atoms with van der Waals surface area (Å²) in [5.74, 6) is -0.576. The van der Waals surface area contributed by atoms with E-state index in [0.717, 1.165) is 56.0 Å². The van der Waals surface area contributed by atoms with Crippen LogP contribution in [0.1, 0.15) is 83.2 Å². The number of piperidine rings is 2. The van der Waals surface area contributed by atoms with Crippen LogP contribution >= 0.6 is 0 Å². The predicted octanol–water partition coefficient (Wildman–Crippen LogP) is 4.74. The Balaban J connectivity index is 0.876. The molecule has 0 spiro atoms. The fourth-order valence-corrected chi connectivity index (χ4v) is 7.41. The number of hydrogen-bond donors (Lipinski definition) is 5. The van der Waals surface area contributed by atoms with Gasteiger partial charge in [0.1, 0.15) is 35.5 Å². The van der Waals surface area contributed by atoms with Crippen LogP contribution in [0, 0.1) is 5.41 Å². The maximum Gasteiger partial charge on any atom is 0.264 e. The molecule has 2 unspecified atom stereocenters. The quantitative estimate of drug-likeness (QED) is 0.0673. The molecule has 1 aromatic heterocycles. The molecule has 288 valence electrons. The molecule has 0 aliphatic carbocycles. The van der Waals surface area contributed by atoms with Crippen LogP contribution in [0.5, 0.6) is 11.5 Å². The molecular formula is C41H43N9O6. The van der Waals surface area contributed by atoms with E-state index in [9.17, 15) is 24.0 Å². The van der Waals surface area contributed by atoms with Crippen molar-refractivity contribution in [2.24, 2.45) is 0 Å². The lowest BCUT2D eigenvalue weighted by Gasteiger charge is -2.33. The second-order valence-corrected chi connectivity index (χ2v) is 14.1. The number of carbonyl (C=O) groups is 5. The molecule has 0 bridgehead atoms. The fourth-order valence-electron chi connectivity index (χ4n) is 7.41. The zero-order chi connectivity index (χ0) is 39.2. The van der Waals surface area contributed by atoms with Crippen molar-refractivity contribution in [2.45, 2.75) is 63.5 Å². The highest BCUT2D eigenvalue weighted by atomic mass is 16.5. The molecule has 2 fully saturated rings. The van der Waals surface area contributed by atoms with Crippen LogP contribution in [0.25, 0.3) is 0 Å². The van der Waals surface area contributed by atoms with E-state index in [2.05, 4.69) is 30.8 Å². The minimum Gasteiger partial charge on any atom is -0.457 e. The molecule has 2 atom stereocenters. The Morgan fingerprint density at radius 2 is 1.70 bits per heavy atom. The summed E-state index contributed by atoms with van der Waals surface area (Å²) in [6.07, 6.45) is 5.97. The molecule has 5 amide bonds. The zero-order valence-corrected chi connectivity index (χ0v) is 30.8. The first-order valence-corrected chi connectivity index (χ1v) is 18.8. The number of unbranched alkanes of at least 4 members (excludes halogenated alkanes) is 2. The van der Waals surface area contributed by atoms with E-state index in [0.29, 0.717) is 29.1 Å². The van der Waals surface area contributed by atoms with E-state index in [1.807, 2.05) is 54.6 Å². The van der Waals surface area contributed by atoms with Crippen LogP contribution in [0.3, 0.4) is 0 Å². The van der Waals surface area contributed by atoms with Crippen LogP contribution in [-0.4, -0.2) is 86.7 Å². The predicted molar refractivity (Wildman–Crippen MR) is 209 cm³/mol. The molecule has 15 heteroatoms. The van der Waals surface area contributed by atoms with Gasteiger partial charge in [-0.25, -0.2) is 9.97 Å². The number of carbonyl (C=O) groups excluding carboxylic acids is 5. The number of rotatable bonds is 14. The standard InChI is InChI=1S/C41H43N9O6/c42-36(25-15-17-28(18-16-25)56-27-10-3-1-4-11-27)35-37(43)44-24-45-38(35)46-26-9-8-22-49(23-26)21-6-2-5-14-32(51)47-30-13-7-12-29-34(30)41(55)50(40(29)54)31-19-20-33(52)48-39(31)53/h1,3-4,7,10-13,15-18,24,26,31,42H,2,5-6,8-9,14,19-23H2,(H,47,51)(H,48,52,53)(H3,43,44,45,46). The van der Waals surface area contributed by atoms with E-state index < -0.39 is 29.7 Å². The summed E-state index contributed by atoms with van der Waals surface area (Å²) in [5.41, 5.74) is 8.02. The van der Waals surface area contributed by atoms with Gasteiger partial charge in [-0.15, -0.1) is 0 Å². The summed E-state index contributed by atoms with van der Waals surface area (Å²) in [6.45, 7) is 2.58. The number of fused-ring (bicyclic) bond motifs is 1. The van der Waals surface area contributed by atoms with Gasteiger partial charge < -0.3 is 26.0 Å². The lowest BCUT2D eigenvalue weighted by atomic mass is 10.0. The third kappa shape index (κ3) is 8.42. The second-order valence-electron chi connectivity index (χ2n) is 14.1. The third-order valence-corrected chi connectivity index (χ3v) is 10.2. The largest absolute Gasteiger partial charge is 0.457 e. The Kier molecular flexibility index (Phi) is 11.4. The minimum absolute atomic E-state index is 0.0257. The van der Waals surface area contributed by atoms with Crippen LogP contribution in [0.4, 0.5) is 17.3 Å². The lowest BCUT2D eigenvalue weighted by Crippen LogP contribution is -2.54. The maximum absolute atomic E-state index is 13.3. The molecule has 2 saturated heterocycles. The Hall–Kier alpha value is -6.48. The summed E-state index contributed by atoms with van der Waals surface area (Å²) in [4.78, 5) is 75.4. The monoisotopic (exact) mass is 757 g/mol. The number of amides is 5. The Morgan fingerprint density at radius 3 is 2.48 bits per heavy atom. The van der Waals surface area contributed by atoms with Gasteiger partial charge in [-0.1, -0.05) is 30.7 Å². The number of para-hydroxylation sites is 1. The van der Waals surface area contributed by atoms with Gasteiger partial charge in [0.25, 0.3) is 11.8 Å². The second kappa shape index (κ2) is 16.9. The number of nitrogens with two attached hydrogens (primary N) is 1.